The van der Waals surface area contributed by atoms with Crippen molar-refractivity contribution in [3.63, 3.8) is 0 Å². The number of hydrogen-bond donors (Lipinski definition) is 3. The Balaban J connectivity index is 1.21. The van der Waals surface area contributed by atoms with Crippen molar-refractivity contribution in [3.05, 3.63) is 90.0 Å². The van der Waals surface area contributed by atoms with Gasteiger partial charge in [-0.1, -0.05) is 6.07 Å². The lowest BCUT2D eigenvalue weighted by molar-refractivity contribution is 0.0946. The molecule has 0 aromatic carbocycles. The second kappa shape index (κ2) is 11.1. The van der Waals surface area contributed by atoms with Gasteiger partial charge in [-0.25, -0.2) is 19.9 Å². The van der Waals surface area contributed by atoms with Crippen LogP contribution in [0.4, 0.5) is 11.6 Å². The molecule has 0 spiro atoms. The van der Waals surface area contributed by atoms with E-state index in [1.807, 2.05) is 31.2 Å². The van der Waals surface area contributed by atoms with Crippen LogP contribution in [0.25, 0.3) is 22.6 Å². The van der Waals surface area contributed by atoms with Gasteiger partial charge in [0.05, 0.1) is 19.0 Å². The highest BCUT2D eigenvalue weighted by molar-refractivity contribution is 5.92. The van der Waals surface area contributed by atoms with Gasteiger partial charge in [0.25, 0.3) is 5.91 Å². The number of H-pyrrole nitrogens is 1. The first kappa shape index (κ1) is 25.0. The van der Waals surface area contributed by atoms with Crippen LogP contribution in [0, 0.1) is 18.3 Å². The maximum absolute atomic E-state index is 12.7. The zero-order valence-corrected chi connectivity index (χ0v) is 21.0. The summed E-state index contributed by atoms with van der Waals surface area (Å²) in [6.07, 6.45) is 6.47. The van der Waals surface area contributed by atoms with Gasteiger partial charge < -0.3 is 20.4 Å². The number of pyridine rings is 3. The van der Waals surface area contributed by atoms with E-state index in [1.54, 1.807) is 50.0 Å². The van der Waals surface area contributed by atoms with E-state index in [1.165, 1.54) is 6.20 Å². The molecular formula is C27H22N10O2. The van der Waals surface area contributed by atoms with Crippen LogP contribution in [0.15, 0.2) is 67.3 Å². The lowest BCUT2D eigenvalue weighted by Crippen LogP contribution is -2.23. The fourth-order valence-corrected chi connectivity index (χ4v) is 3.63. The Labute approximate surface area is 223 Å². The van der Waals surface area contributed by atoms with Crippen molar-refractivity contribution in [2.75, 3.05) is 12.4 Å². The number of methoxy groups -OCH3 is 1. The zero-order chi connectivity index (χ0) is 27.2. The van der Waals surface area contributed by atoms with Gasteiger partial charge in [-0.3, -0.25) is 14.8 Å². The zero-order valence-electron chi connectivity index (χ0n) is 21.0. The van der Waals surface area contributed by atoms with Gasteiger partial charge in [0.15, 0.2) is 5.82 Å². The summed E-state index contributed by atoms with van der Waals surface area (Å²) in [5, 5.41) is 14.9. The van der Waals surface area contributed by atoms with Crippen LogP contribution in [0.1, 0.15) is 27.6 Å². The number of aromatic amines is 1. The summed E-state index contributed by atoms with van der Waals surface area (Å²) < 4.78 is 5.08. The highest BCUT2D eigenvalue weighted by Crippen LogP contribution is 2.20. The van der Waals surface area contributed by atoms with Crippen LogP contribution in [0.5, 0.6) is 5.88 Å². The predicted molar refractivity (Wildman–Crippen MR) is 142 cm³/mol. The van der Waals surface area contributed by atoms with Crippen molar-refractivity contribution in [1.29, 1.82) is 5.26 Å². The number of rotatable bonds is 8. The third-order valence-corrected chi connectivity index (χ3v) is 5.57. The van der Waals surface area contributed by atoms with Crippen molar-refractivity contribution < 1.29 is 9.53 Å². The molecule has 0 saturated heterocycles. The van der Waals surface area contributed by atoms with E-state index in [2.05, 4.69) is 45.5 Å². The van der Waals surface area contributed by atoms with Gasteiger partial charge in [-0.05, 0) is 36.8 Å². The molecule has 0 unspecified atom stereocenters. The summed E-state index contributed by atoms with van der Waals surface area (Å²) in [5.74, 6) is 1.91. The molecule has 5 heterocycles. The summed E-state index contributed by atoms with van der Waals surface area (Å²) in [7, 11) is 1.57. The number of nitrogens with zero attached hydrogens (tertiary/aromatic N) is 7. The number of aromatic nitrogens is 7. The minimum absolute atomic E-state index is 0.195. The van der Waals surface area contributed by atoms with Crippen molar-refractivity contribution in [2.45, 2.75) is 13.5 Å². The van der Waals surface area contributed by atoms with Crippen molar-refractivity contribution in [1.82, 2.24) is 40.2 Å². The Bertz CT molecular complexity index is 1640. The molecule has 39 heavy (non-hydrogen) atoms. The minimum atomic E-state index is -0.315. The van der Waals surface area contributed by atoms with E-state index < -0.39 is 0 Å². The van der Waals surface area contributed by atoms with Crippen molar-refractivity contribution in [3.8, 4) is 34.6 Å². The molecule has 5 rings (SSSR count). The van der Waals surface area contributed by atoms with E-state index in [0.29, 0.717) is 35.4 Å². The number of aryl methyl sites for hydroxylation is 1. The van der Waals surface area contributed by atoms with Gasteiger partial charge in [-0.2, -0.15) is 5.26 Å². The normalized spacial score (nSPS) is 10.5. The lowest BCUT2D eigenvalue weighted by Gasteiger charge is -2.08. The molecule has 0 radical (unpaired) electrons. The lowest BCUT2D eigenvalue weighted by atomic mass is 10.1. The van der Waals surface area contributed by atoms with Crippen LogP contribution in [0.3, 0.4) is 0 Å². The fourth-order valence-electron chi connectivity index (χ4n) is 3.63. The smallest absolute Gasteiger partial charge is 0.270 e. The summed E-state index contributed by atoms with van der Waals surface area (Å²) >= 11 is 0. The Hall–Kier alpha value is -5.70. The highest BCUT2D eigenvalue weighted by atomic mass is 16.5. The quantitative estimate of drug-likeness (QED) is 0.276. The average Bonchev–Trinajstić information content (AvgIpc) is 3.43. The minimum Gasteiger partial charge on any atom is -0.481 e. The van der Waals surface area contributed by atoms with Crippen LogP contribution >= 0.6 is 0 Å². The Morgan fingerprint density at radius 2 is 1.82 bits per heavy atom. The second-order valence-corrected chi connectivity index (χ2v) is 8.36. The van der Waals surface area contributed by atoms with Crippen LogP contribution in [0.2, 0.25) is 0 Å². The number of nitriles is 1. The molecule has 0 aliphatic carbocycles. The molecular weight excluding hydrogens is 496 g/mol. The summed E-state index contributed by atoms with van der Waals surface area (Å²) in [5.41, 5.74) is 4.12. The molecule has 3 N–H and O–H groups in total. The summed E-state index contributed by atoms with van der Waals surface area (Å²) in [6, 6.07) is 14.5. The van der Waals surface area contributed by atoms with Crippen LogP contribution in [-0.4, -0.2) is 47.9 Å². The Morgan fingerprint density at radius 3 is 2.49 bits per heavy atom. The van der Waals surface area contributed by atoms with E-state index in [-0.39, 0.29) is 17.4 Å². The van der Waals surface area contributed by atoms with Gasteiger partial charge in [0.1, 0.15) is 23.4 Å². The maximum atomic E-state index is 12.7. The molecule has 0 aliphatic rings. The molecule has 0 saturated carbocycles. The molecule has 5 aromatic rings. The predicted octanol–water partition coefficient (Wildman–Crippen LogP) is 3.58. The average molecular weight is 519 g/mol. The van der Waals surface area contributed by atoms with E-state index >= 15 is 0 Å². The highest BCUT2D eigenvalue weighted by Gasteiger charge is 2.11. The number of nitrogens with one attached hydrogen (secondary N) is 3. The van der Waals surface area contributed by atoms with Gasteiger partial charge >= 0.3 is 0 Å². The van der Waals surface area contributed by atoms with Crippen molar-refractivity contribution in [2.24, 2.45) is 0 Å². The van der Waals surface area contributed by atoms with E-state index in [4.69, 9.17) is 10.00 Å². The number of carbonyl (C=O) groups excluding carboxylic acids is 1. The first-order valence-electron chi connectivity index (χ1n) is 11.8. The summed E-state index contributed by atoms with van der Waals surface area (Å²) in [4.78, 5) is 41.4. The molecule has 12 heteroatoms. The van der Waals surface area contributed by atoms with Gasteiger partial charge in [-0.15, -0.1) is 0 Å². The Kier molecular flexibility index (Phi) is 7.13. The molecule has 5 aromatic heterocycles. The van der Waals surface area contributed by atoms with Gasteiger partial charge in [0, 0.05) is 54.1 Å². The molecule has 0 bridgehead atoms. The number of carbonyl (C=O) groups is 1. The van der Waals surface area contributed by atoms with Crippen molar-refractivity contribution >= 4 is 17.5 Å². The monoisotopic (exact) mass is 518 g/mol. The first-order chi connectivity index (χ1) is 19.0. The number of ether oxygens (including phenoxy) is 1. The maximum Gasteiger partial charge on any atom is 0.270 e. The van der Waals surface area contributed by atoms with E-state index in [0.717, 1.165) is 22.5 Å². The number of anilines is 2. The largest absolute Gasteiger partial charge is 0.481 e. The molecule has 1 amide bonds. The molecule has 0 atom stereocenters. The topological polar surface area (TPSA) is 167 Å². The number of imidazole rings is 1. The number of amides is 1. The standard InChI is InChI=1S/C27H22N10O2/c1-16-9-22(35-24-15-31-23(10-28)36-24)37-26(34-16)19-4-7-21(30-14-19)27(38)33-12-17-3-6-20(29-11-17)18-5-8-25(39-2)32-13-18/h3-9,11,13-15H,12H2,1-2H3,(H,31,36)(H,33,38)(H,34,35,37). The van der Waals surface area contributed by atoms with Crippen LogP contribution < -0.4 is 15.4 Å². The fraction of sp³-hybridized carbons (Fsp3) is 0.111. The third-order valence-electron chi connectivity index (χ3n) is 5.57. The SMILES string of the molecule is COc1ccc(-c2ccc(CNC(=O)c3ccc(-c4nc(C)cc(Nc5cnc(C#N)[nH]5)n4)cn3)cn2)cn1. The second-order valence-electron chi connectivity index (χ2n) is 8.36. The first-order valence-corrected chi connectivity index (χ1v) is 11.8. The molecule has 0 fully saturated rings. The summed E-state index contributed by atoms with van der Waals surface area (Å²) in [6.45, 7) is 2.14. The molecule has 12 nitrogen and oxygen atoms in total. The third kappa shape index (κ3) is 6.00. The molecule has 0 aliphatic heterocycles. The number of hydrogen-bond acceptors (Lipinski definition) is 10. The van der Waals surface area contributed by atoms with Crippen LogP contribution in [-0.2, 0) is 6.54 Å². The Morgan fingerprint density at radius 1 is 0.974 bits per heavy atom. The van der Waals surface area contributed by atoms with Gasteiger partial charge in [0.2, 0.25) is 11.7 Å². The van der Waals surface area contributed by atoms with E-state index in [9.17, 15) is 4.79 Å². The molecule has 192 valence electrons.